The van der Waals surface area contributed by atoms with Gasteiger partial charge in [0.05, 0.1) is 11.4 Å². The van der Waals surface area contributed by atoms with Gasteiger partial charge in [-0.25, -0.2) is 0 Å². The van der Waals surface area contributed by atoms with E-state index in [0.29, 0.717) is 33.0 Å². The van der Waals surface area contributed by atoms with Gasteiger partial charge >= 0.3 is 0 Å². The van der Waals surface area contributed by atoms with Gasteiger partial charge in [0.2, 0.25) is 6.79 Å². The fourth-order valence-corrected chi connectivity index (χ4v) is 4.91. The van der Waals surface area contributed by atoms with Crippen molar-refractivity contribution in [1.29, 1.82) is 0 Å². The summed E-state index contributed by atoms with van der Waals surface area (Å²) in [6.07, 6.45) is 1.80. The number of hydrogen-bond donors (Lipinski definition) is 1. The Bertz CT molecular complexity index is 1350. The Morgan fingerprint density at radius 2 is 1.83 bits per heavy atom. The van der Waals surface area contributed by atoms with Crippen molar-refractivity contribution < 1.29 is 23.8 Å². The van der Waals surface area contributed by atoms with E-state index in [2.05, 4.69) is 5.32 Å². The highest BCUT2D eigenvalue weighted by atomic mass is 32.2. The number of aryl methyl sites for hydroxylation is 1. The Balaban J connectivity index is 1.17. The summed E-state index contributed by atoms with van der Waals surface area (Å²) in [5.74, 6) is 1.54. The number of nitrogens with one attached hydrogen (secondary N) is 1. The fourth-order valence-electron chi connectivity index (χ4n) is 3.65. The molecule has 36 heavy (non-hydrogen) atoms. The van der Waals surface area contributed by atoms with E-state index in [1.807, 2.05) is 61.5 Å². The molecule has 1 saturated heterocycles. The molecular formula is C27H22N2O5S2. The molecule has 0 saturated carbocycles. The summed E-state index contributed by atoms with van der Waals surface area (Å²) in [7, 11) is 0. The lowest BCUT2D eigenvalue weighted by Crippen LogP contribution is -2.27. The molecule has 1 fully saturated rings. The summed E-state index contributed by atoms with van der Waals surface area (Å²) in [6, 6.07) is 20.3. The average Bonchev–Trinajstić information content (AvgIpc) is 3.45. The van der Waals surface area contributed by atoms with Gasteiger partial charge in [-0.05, 0) is 60.5 Å². The fraction of sp³-hybridized carbons (Fsp3) is 0.148. The van der Waals surface area contributed by atoms with Gasteiger partial charge in [0.1, 0.15) is 10.1 Å². The van der Waals surface area contributed by atoms with E-state index in [4.69, 9.17) is 26.4 Å². The first-order valence-corrected chi connectivity index (χ1v) is 12.4. The standard InChI is InChI=1S/C27H22N2O5S2/c1-17-2-7-20(8-3-17)28-25(30)15-32-21-9-4-18(5-10-21)13-24-26(31)29(27(35)36-24)14-19-6-11-22-23(12-19)34-16-33-22/h2-13H,14-16H2,1H3,(H,28,30)/b24-13-. The van der Waals surface area contributed by atoms with Crippen LogP contribution in [0.3, 0.4) is 0 Å². The molecule has 182 valence electrons. The number of carbonyl (C=O) groups is 2. The van der Waals surface area contributed by atoms with Gasteiger partial charge in [0.15, 0.2) is 18.1 Å². The quantitative estimate of drug-likeness (QED) is 0.343. The summed E-state index contributed by atoms with van der Waals surface area (Å²) in [6.45, 7) is 2.44. The van der Waals surface area contributed by atoms with Crippen molar-refractivity contribution in [1.82, 2.24) is 4.90 Å². The second kappa shape index (κ2) is 10.4. The molecule has 2 heterocycles. The lowest BCUT2D eigenvalue weighted by atomic mass is 10.2. The zero-order valence-electron chi connectivity index (χ0n) is 19.4. The van der Waals surface area contributed by atoms with Crippen molar-refractivity contribution in [2.45, 2.75) is 13.5 Å². The zero-order valence-corrected chi connectivity index (χ0v) is 21.0. The third-order valence-electron chi connectivity index (χ3n) is 5.53. The minimum absolute atomic E-state index is 0.105. The smallest absolute Gasteiger partial charge is 0.266 e. The predicted octanol–water partition coefficient (Wildman–Crippen LogP) is 5.14. The first kappa shape index (κ1) is 23.9. The maximum atomic E-state index is 13.0. The highest BCUT2D eigenvalue weighted by Gasteiger charge is 2.32. The van der Waals surface area contributed by atoms with Gasteiger partial charge in [-0.2, -0.15) is 0 Å². The van der Waals surface area contributed by atoms with Crippen LogP contribution in [0.1, 0.15) is 16.7 Å². The highest BCUT2D eigenvalue weighted by molar-refractivity contribution is 8.26. The molecule has 2 aliphatic heterocycles. The van der Waals surface area contributed by atoms with Gasteiger partial charge in [-0.1, -0.05) is 59.9 Å². The summed E-state index contributed by atoms with van der Waals surface area (Å²) in [5.41, 5.74) is 3.58. The maximum Gasteiger partial charge on any atom is 0.266 e. The second-order valence-electron chi connectivity index (χ2n) is 8.23. The molecule has 0 aromatic heterocycles. The molecule has 2 amide bonds. The predicted molar refractivity (Wildman–Crippen MR) is 143 cm³/mol. The zero-order chi connectivity index (χ0) is 25.1. The Kier molecular flexibility index (Phi) is 6.92. The van der Waals surface area contributed by atoms with Crippen LogP contribution in [-0.2, 0) is 16.1 Å². The average molecular weight is 519 g/mol. The largest absolute Gasteiger partial charge is 0.484 e. The number of thiocarbonyl (C=S) groups is 1. The third-order valence-corrected chi connectivity index (χ3v) is 6.91. The Morgan fingerprint density at radius 1 is 1.08 bits per heavy atom. The summed E-state index contributed by atoms with van der Waals surface area (Å²) in [4.78, 5) is 27.3. The normalized spacial score (nSPS) is 15.5. The lowest BCUT2D eigenvalue weighted by Gasteiger charge is -2.14. The van der Waals surface area contributed by atoms with Crippen LogP contribution in [0.5, 0.6) is 17.2 Å². The molecule has 0 radical (unpaired) electrons. The number of hydrogen-bond acceptors (Lipinski definition) is 7. The van der Waals surface area contributed by atoms with Crippen LogP contribution in [0.4, 0.5) is 5.69 Å². The van der Waals surface area contributed by atoms with E-state index >= 15 is 0 Å². The molecule has 1 N–H and O–H groups in total. The molecule has 0 atom stereocenters. The molecule has 7 nitrogen and oxygen atoms in total. The summed E-state index contributed by atoms with van der Waals surface area (Å²) in [5, 5.41) is 2.80. The van der Waals surface area contributed by atoms with Gasteiger partial charge in [0, 0.05) is 5.69 Å². The van der Waals surface area contributed by atoms with Crippen LogP contribution in [0.25, 0.3) is 6.08 Å². The maximum absolute atomic E-state index is 13.0. The number of benzene rings is 3. The summed E-state index contributed by atoms with van der Waals surface area (Å²) >= 11 is 6.73. The molecular weight excluding hydrogens is 496 g/mol. The van der Waals surface area contributed by atoms with Crippen molar-refractivity contribution >= 4 is 51.9 Å². The van der Waals surface area contributed by atoms with Gasteiger partial charge < -0.3 is 19.5 Å². The number of rotatable bonds is 7. The van der Waals surface area contributed by atoms with Crippen LogP contribution < -0.4 is 19.5 Å². The molecule has 0 bridgehead atoms. The SMILES string of the molecule is Cc1ccc(NC(=O)COc2ccc(/C=C3\SC(=S)N(Cc4ccc5c(c4)OCO5)C3=O)cc2)cc1. The molecule has 5 rings (SSSR count). The molecule has 9 heteroatoms. The Labute approximate surface area is 218 Å². The van der Waals surface area contributed by atoms with Crippen molar-refractivity contribution in [3.05, 3.63) is 88.3 Å². The van der Waals surface area contributed by atoms with Crippen molar-refractivity contribution in [2.75, 3.05) is 18.7 Å². The Morgan fingerprint density at radius 3 is 2.61 bits per heavy atom. The monoisotopic (exact) mass is 518 g/mol. The number of nitrogens with zero attached hydrogens (tertiary/aromatic N) is 1. The van der Waals surface area contributed by atoms with Gasteiger partial charge in [-0.3, -0.25) is 14.5 Å². The first-order valence-electron chi connectivity index (χ1n) is 11.2. The lowest BCUT2D eigenvalue weighted by molar-refractivity contribution is -0.122. The van der Waals surface area contributed by atoms with E-state index in [9.17, 15) is 9.59 Å². The second-order valence-corrected chi connectivity index (χ2v) is 9.90. The molecule has 3 aromatic rings. The van der Waals surface area contributed by atoms with Crippen LogP contribution >= 0.6 is 24.0 Å². The van der Waals surface area contributed by atoms with E-state index in [1.165, 1.54) is 11.8 Å². The number of fused-ring (bicyclic) bond motifs is 1. The number of ether oxygens (including phenoxy) is 3. The number of anilines is 1. The highest BCUT2D eigenvalue weighted by Crippen LogP contribution is 2.36. The van der Waals surface area contributed by atoms with Crippen LogP contribution in [0.15, 0.2) is 71.6 Å². The van der Waals surface area contributed by atoms with E-state index in [1.54, 1.807) is 23.1 Å². The summed E-state index contributed by atoms with van der Waals surface area (Å²) < 4.78 is 16.9. The van der Waals surface area contributed by atoms with Crippen LogP contribution in [0, 0.1) is 6.92 Å². The number of carbonyl (C=O) groups excluding carboxylic acids is 2. The molecule has 0 spiro atoms. The van der Waals surface area contributed by atoms with Gasteiger partial charge in [0.25, 0.3) is 11.8 Å². The van der Waals surface area contributed by atoms with Crippen molar-refractivity contribution in [3.8, 4) is 17.2 Å². The molecule has 3 aromatic carbocycles. The van der Waals surface area contributed by atoms with E-state index in [-0.39, 0.29) is 25.2 Å². The minimum atomic E-state index is -0.242. The van der Waals surface area contributed by atoms with Crippen molar-refractivity contribution in [3.63, 3.8) is 0 Å². The molecule has 2 aliphatic rings. The minimum Gasteiger partial charge on any atom is -0.484 e. The van der Waals surface area contributed by atoms with Crippen LogP contribution in [0.2, 0.25) is 0 Å². The van der Waals surface area contributed by atoms with E-state index < -0.39 is 0 Å². The number of thioether (sulfide) groups is 1. The Hall–Kier alpha value is -3.82. The number of amides is 2. The van der Waals surface area contributed by atoms with E-state index in [0.717, 1.165) is 22.4 Å². The topological polar surface area (TPSA) is 77.1 Å². The third kappa shape index (κ3) is 5.53. The van der Waals surface area contributed by atoms with Gasteiger partial charge in [-0.15, -0.1) is 0 Å². The van der Waals surface area contributed by atoms with Crippen molar-refractivity contribution in [2.24, 2.45) is 0 Å². The molecule has 0 unspecified atom stereocenters. The molecule has 0 aliphatic carbocycles. The van der Waals surface area contributed by atoms with Crippen LogP contribution in [-0.4, -0.2) is 34.4 Å². The first-order chi connectivity index (χ1) is 17.4.